The number of hydrogen-bond acceptors (Lipinski definition) is 3. The van der Waals surface area contributed by atoms with Gasteiger partial charge in [-0.25, -0.2) is 0 Å². The molecule has 0 saturated carbocycles. The minimum Gasteiger partial charge on any atom is -0.297 e. The van der Waals surface area contributed by atoms with Gasteiger partial charge < -0.3 is 0 Å². The summed E-state index contributed by atoms with van der Waals surface area (Å²) in [6.07, 6.45) is 19.4. The van der Waals surface area contributed by atoms with E-state index in [4.69, 9.17) is 0 Å². The third-order valence-electron chi connectivity index (χ3n) is 5.29. The zero-order valence-corrected chi connectivity index (χ0v) is 18.4. The van der Waals surface area contributed by atoms with Crippen molar-refractivity contribution in [1.29, 1.82) is 0 Å². The number of fused-ring (bicyclic) bond motifs is 1. The summed E-state index contributed by atoms with van der Waals surface area (Å²) in [5.74, 6) is 0. The SMILES string of the molecule is CCCCCCCCCCc1csc2c(CCCCCC)c(C=O)sc12. The molecule has 1 nitrogen and oxygen atoms in total. The first-order valence-electron chi connectivity index (χ1n) is 10.8. The molecule has 0 N–H and O–H groups in total. The summed E-state index contributed by atoms with van der Waals surface area (Å²) in [6, 6.07) is 0. The predicted octanol–water partition coefficient (Wildman–Crippen LogP) is 8.58. The number of rotatable bonds is 15. The molecule has 0 aliphatic carbocycles. The van der Waals surface area contributed by atoms with Crippen molar-refractivity contribution < 1.29 is 4.79 Å². The Hall–Kier alpha value is -0.670. The van der Waals surface area contributed by atoms with Crippen molar-refractivity contribution in [2.24, 2.45) is 0 Å². The van der Waals surface area contributed by atoms with E-state index in [0.29, 0.717) is 0 Å². The molecule has 0 atom stereocenters. The second-order valence-corrected chi connectivity index (χ2v) is 9.45. The van der Waals surface area contributed by atoms with E-state index < -0.39 is 0 Å². The number of unbranched alkanes of at least 4 members (excludes halogenated alkanes) is 10. The Bertz CT molecular complexity index is 638. The minimum absolute atomic E-state index is 0.987. The maximum absolute atomic E-state index is 11.5. The highest BCUT2D eigenvalue weighted by atomic mass is 32.1. The molecule has 146 valence electrons. The first-order chi connectivity index (χ1) is 12.8. The fourth-order valence-electron chi connectivity index (χ4n) is 3.67. The van der Waals surface area contributed by atoms with Crippen LogP contribution in [0.1, 0.15) is 112 Å². The molecule has 2 rings (SSSR count). The van der Waals surface area contributed by atoms with Crippen molar-refractivity contribution in [3.05, 3.63) is 21.4 Å². The number of aryl methyl sites for hydroxylation is 2. The molecule has 0 radical (unpaired) electrons. The normalized spacial score (nSPS) is 11.5. The van der Waals surface area contributed by atoms with Crippen molar-refractivity contribution in [3.8, 4) is 0 Å². The highest BCUT2D eigenvalue weighted by Gasteiger charge is 2.16. The second kappa shape index (κ2) is 12.7. The molecule has 2 aromatic rings. The number of thiophene rings is 2. The molecular weight excluding hydrogens is 356 g/mol. The lowest BCUT2D eigenvalue weighted by atomic mass is 10.0. The molecule has 0 spiro atoms. The van der Waals surface area contributed by atoms with E-state index >= 15 is 0 Å². The summed E-state index contributed by atoms with van der Waals surface area (Å²) in [6.45, 7) is 4.52. The van der Waals surface area contributed by atoms with Gasteiger partial charge in [-0.2, -0.15) is 0 Å². The van der Waals surface area contributed by atoms with E-state index in [1.165, 1.54) is 104 Å². The smallest absolute Gasteiger partial charge is 0.160 e. The van der Waals surface area contributed by atoms with Gasteiger partial charge in [0.15, 0.2) is 6.29 Å². The van der Waals surface area contributed by atoms with Crippen molar-refractivity contribution in [2.45, 2.75) is 104 Å². The van der Waals surface area contributed by atoms with Crippen LogP contribution in [0, 0.1) is 0 Å². The topological polar surface area (TPSA) is 17.1 Å². The first kappa shape index (κ1) is 21.6. The molecule has 2 heterocycles. The zero-order chi connectivity index (χ0) is 18.6. The van der Waals surface area contributed by atoms with Gasteiger partial charge in [-0.15, -0.1) is 22.7 Å². The van der Waals surface area contributed by atoms with Crippen LogP contribution in [0.2, 0.25) is 0 Å². The molecule has 0 saturated heterocycles. The highest BCUT2D eigenvalue weighted by Crippen LogP contribution is 2.39. The first-order valence-corrected chi connectivity index (χ1v) is 12.5. The summed E-state index contributed by atoms with van der Waals surface area (Å²) in [7, 11) is 0. The quantitative estimate of drug-likeness (QED) is 0.219. The maximum Gasteiger partial charge on any atom is 0.160 e. The molecule has 3 heteroatoms. The van der Waals surface area contributed by atoms with Crippen LogP contribution < -0.4 is 0 Å². The molecule has 0 aliphatic rings. The minimum atomic E-state index is 0.987. The van der Waals surface area contributed by atoms with Gasteiger partial charge in [-0.1, -0.05) is 78.1 Å². The van der Waals surface area contributed by atoms with Crippen LogP contribution in [-0.2, 0) is 12.8 Å². The lowest BCUT2D eigenvalue weighted by molar-refractivity contribution is 0.112. The summed E-state index contributed by atoms with van der Waals surface area (Å²) >= 11 is 3.61. The van der Waals surface area contributed by atoms with Crippen LogP contribution in [0.4, 0.5) is 0 Å². The van der Waals surface area contributed by atoms with E-state index in [1.807, 2.05) is 11.3 Å². The highest BCUT2D eigenvalue weighted by molar-refractivity contribution is 7.28. The van der Waals surface area contributed by atoms with E-state index in [1.54, 1.807) is 11.3 Å². The Morgan fingerprint density at radius 1 is 0.769 bits per heavy atom. The molecule has 0 bridgehead atoms. The average molecular weight is 393 g/mol. The van der Waals surface area contributed by atoms with Crippen molar-refractivity contribution in [1.82, 2.24) is 0 Å². The molecule has 0 aliphatic heterocycles. The van der Waals surface area contributed by atoms with Gasteiger partial charge in [0.1, 0.15) is 0 Å². The van der Waals surface area contributed by atoms with Gasteiger partial charge in [0.2, 0.25) is 0 Å². The fraction of sp³-hybridized carbons (Fsp3) is 0.696. The van der Waals surface area contributed by atoms with E-state index in [0.717, 1.165) is 17.6 Å². The molecule has 26 heavy (non-hydrogen) atoms. The lowest BCUT2D eigenvalue weighted by Gasteiger charge is -2.01. The van der Waals surface area contributed by atoms with Crippen LogP contribution in [0.15, 0.2) is 5.38 Å². The van der Waals surface area contributed by atoms with Gasteiger partial charge in [0, 0.05) is 9.40 Å². The van der Waals surface area contributed by atoms with Crippen LogP contribution in [0.5, 0.6) is 0 Å². The zero-order valence-electron chi connectivity index (χ0n) is 16.8. The second-order valence-electron chi connectivity index (χ2n) is 7.52. The summed E-state index contributed by atoms with van der Waals surface area (Å²) in [5.41, 5.74) is 2.83. The van der Waals surface area contributed by atoms with Crippen LogP contribution in [-0.4, -0.2) is 6.29 Å². The third kappa shape index (κ3) is 6.49. The van der Waals surface area contributed by atoms with Crippen molar-refractivity contribution >= 4 is 38.4 Å². The van der Waals surface area contributed by atoms with Crippen LogP contribution in [0.3, 0.4) is 0 Å². The summed E-state index contributed by atoms with van der Waals surface area (Å²) in [4.78, 5) is 12.5. The Morgan fingerprint density at radius 2 is 1.35 bits per heavy atom. The largest absolute Gasteiger partial charge is 0.297 e. The molecular formula is C23H36OS2. The number of carbonyl (C=O) groups excluding carboxylic acids is 1. The number of hydrogen-bond donors (Lipinski definition) is 0. The van der Waals surface area contributed by atoms with E-state index in [2.05, 4.69) is 19.2 Å². The average Bonchev–Trinajstić information content (AvgIpc) is 3.20. The molecule has 0 unspecified atom stereocenters. The van der Waals surface area contributed by atoms with Crippen molar-refractivity contribution in [2.75, 3.05) is 0 Å². The van der Waals surface area contributed by atoms with Gasteiger partial charge >= 0.3 is 0 Å². The molecule has 0 amide bonds. The van der Waals surface area contributed by atoms with Gasteiger partial charge in [0.25, 0.3) is 0 Å². The molecule has 0 aromatic carbocycles. The number of carbonyl (C=O) groups is 1. The number of aldehydes is 1. The van der Waals surface area contributed by atoms with Crippen molar-refractivity contribution in [3.63, 3.8) is 0 Å². The summed E-state index contributed by atoms with van der Waals surface area (Å²) in [5, 5.41) is 2.35. The van der Waals surface area contributed by atoms with E-state index in [9.17, 15) is 4.79 Å². The lowest BCUT2D eigenvalue weighted by Crippen LogP contribution is -1.88. The maximum atomic E-state index is 11.5. The Labute approximate surface area is 168 Å². The van der Waals surface area contributed by atoms with Crippen LogP contribution in [0.25, 0.3) is 9.40 Å². The monoisotopic (exact) mass is 392 g/mol. The summed E-state index contributed by atoms with van der Waals surface area (Å²) < 4.78 is 2.81. The van der Waals surface area contributed by atoms with Gasteiger partial charge in [0.05, 0.1) is 4.88 Å². The third-order valence-corrected chi connectivity index (χ3v) is 7.74. The Morgan fingerprint density at radius 3 is 2.00 bits per heavy atom. The Balaban J connectivity index is 1.83. The van der Waals surface area contributed by atoms with Crippen LogP contribution >= 0.6 is 22.7 Å². The Kier molecular flexibility index (Phi) is 10.5. The molecule has 0 fully saturated rings. The molecule has 2 aromatic heterocycles. The van der Waals surface area contributed by atoms with Gasteiger partial charge in [-0.3, -0.25) is 4.79 Å². The fourth-order valence-corrected chi connectivity index (χ4v) is 6.27. The van der Waals surface area contributed by atoms with E-state index in [-0.39, 0.29) is 0 Å². The standard InChI is InChI=1S/C23H36OS2/c1-3-5-7-9-10-11-12-13-15-19-18-25-23-20(16-14-8-6-4-2)21(17-24)26-22(19)23/h17-18H,3-16H2,1-2H3. The van der Waals surface area contributed by atoms with Gasteiger partial charge in [-0.05, 0) is 42.2 Å². The predicted molar refractivity (Wildman–Crippen MR) is 119 cm³/mol.